The summed E-state index contributed by atoms with van der Waals surface area (Å²) < 4.78 is 37.7. The van der Waals surface area contributed by atoms with Crippen LogP contribution in [0.1, 0.15) is 33.2 Å². The van der Waals surface area contributed by atoms with Crippen molar-refractivity contribution in [3.05, 3.63) is 33.8 Å². The number of rotatable bonds is 2. The second kappa shape index (κ2) is 4.25. The van der Waals surface area contributed by atoms with Crippen molar-refractivity contribution >= 4 is 23.7 Å². The molecule has 6 heteroatoms. The molecule has 0 aromatic heterocycles. The Bertz CT molecular complexity index is 452. The highest BCUT2D eigenvalue weighted by Crippen LogP contribution is 2.35. The quantitative estimate of drug-likeness (QED) is 0.596. The van der Waals surface area contributed by atoms with Crippen LogP contribution in [0.25, 0.3) is 0 Å². The first-order valence-electron chi connectivity index (χ1n) is 4.14. The van der Waals surface area contributed by atoms with Crippen LogP contribution < -0.4 is 0 Å². The van der Waals surface area contributed by atoms with Gasteiger partial charge in [-0.05, 0) is 19.1 Å². The van der Waals surface area contributed by atoms with Crippen LogP contribution in [0.2, 0.25) is 5.02 Å². The second-order valence-electron chi connectivity index (χ2n) is 3.09. The lowest BCUT2D eigenvalue weighted by Gasteiger charge is -2.13. The van der Waals surface area contributed by atoms with Crippen LogP contribution in [0.3, 0.4) is 0 Å². The van der Waals surface area contributed by atoms with Crippen LogP contribution >= 0.6 is 11.6 Å². The smallest absolute Gasteiger partial charge is 0.298 e. The van der Waals surface area contributed by atoms with Crippen molar-refractivity contribution in [2.75, 3.05) is 0 Å². The van der Waals surface area contributed by atoms with E-state index in [0.29, 0.717) is 6.07 Å². The molecule has 0 spiro atoms. The molecule has 1 aromatic carbocycles. The minimum Gasteiger partial charge on any atom is -0.298 e. The molecular formula is C10H6ClF3O2. The van der Waals surface area contributed by atoms with Crippen LogP contribution in [0.15, 0.2) is 12.1 Å². The van der Waals surface area contributed by atoms with Crippen LogP contribution in [0, 0.1) is 0 Å². The molecule has 0 saturated carbocycles. The summed E-state index contributed by atoms with van der Waals surface area (Å²) in [6.45, 7) is 0.964. The van der Waals surface area contributed by atoms with E-state index in [2.05, 4.69) is 0 Å². The zero-order valence-electron chi connectivity index (χ0n) is 8.06. The highest BCUT2D eigenvalue weighted by Gasteiger charge is 2.36. The maximum Gasteiger partial charge on any atom is 0.417 e. The summed E-state index contributed by atoms with van der Waals surface area (Å²) in [4.78, 5) is 21.7. The number of hydrogen-bond acceptors (Lipinski definition) is 2. The average Bonchev–Trinajstić information content (AvgIpc) is 2.14. The lowest BCUT2D eigenvalue weighted by Crippen LogP contribution is -2.14. The lowest BCUT2D eigenvalue weighted by atomic mass is 9.98. The third-order valence-corrected chi connectivity index (χ3v) is 2.14. The highest BCUT2D eigenvalue weighted by atomic mass is 35.5. The lowest BCUT2D eigenvalue weighted by molar-refractivity contribution is -0.137. The van der Waals surface area contributed by atoms with Gasteiger partial charge in [-0.2, -0.15) is 13.2 Å². The van der Waals surface area contributed by atoms with Crippen LogP contribution in [-0.4, -0.2) is 12.1 Å². The van der Waals surface area contributed by atoms with Crippen LogP contribution in [0.5, 0.6) is 0 Å². The molecule has 0 bridgehead atoms. The average molecular weight is 251 g/mol. The molecule has 2 nitrogen and oxygen atoms in total. The molecule has 0 fully saturated rings. The van der Waals surface area contributed by atoms with E-state index in [0.717, 1.165) is 13.0 Å². The molecule has 0 aliphatic carbocycles. The van der Waals surface area contributed by atoms with E-state index in [1.165, 1.54) is 0 Å². The molecule has 0 aliphatic rings. The van der Waals surface area contributed by atoms with Crippen molar-refractivity contribution in [2.24, 2.45) is 0 Å². The number of benzene rings is 1. The van der Waals surface area contributed by atoms with Crippen LogP contribution in [-0.2, 0) is 6.18 Å². The molecule has 0 atom stereocenters. The molecule has 16 heavy (non-hydrogen) atoms. The standard InChI is InChI=1S/C10H6ClF3O2/c1-5(16)9-6(4-15)2-7(11)3-8(9)10(12,13)14/h2-4H,1H3. The van der Waals surface area contributed by atoms with Crippen molar-refractivity contribution in [1.29, 1.82) is 0 Å². The van der Waals surface area contributed by atoms with Gasteiger partial charge in [0.2, 0.25) is 0 Å². The van der Waals surface area contributed by atoms with Gasteiger partial charge >= 0.3 is 6.18 Å². The largest absolute Gasteiger partial charge is 0.417 e. The SMILES string of the molecule is CC(=O)c1c(C=O)cc(Cl)cc1C(F)(F)F. The Morgan fingerprint density at radius 1 is 1.38 bits per heavy atom. The van der Waals surface area contributed by atoms with Gasteiger partial charge in [-0.15, -0.1) is 0 Å². The summed E-state index contributed by atoms with van der Waals surface area (Å²) in [6.07, 6.45) is -4.54. The summed E-state index contributed by atoms with van der Waals surface area (Å²) in [5.41, 5.74) is -2.19. The number of carbonyl (C=O) groups excluding carboxylic acids is 2. The van der Waals surface area contributed by atoms with E-state index in [4.69, 9.17) is 11.6 Å². The van der Waals surface area contributed by atoms with Crippen molar-refractivity contribution in [3.63, 3.8) is 0 Å². The van der Waals surface area contributed by atoms with E-state index in [-0.39, 0.29) is 16.9 Å². The molecule has 0 amide bonds. The molecule has 1 aromatic rings. The predicted octanol–water partition coefficient (Wildman–Crippen LogP) is 3.37. The van der Waals surface area contributed by atoms with Gasteiger partial charge in [-0.1, -0.05) is 11.6 Å². The summed E-state index contributed by atoms with van der Waals surface area (Å²) >= 11 is 5.44. The molecule has 0 aliphatic heterocycles. The van der Waals surface area contributed by atoms with Gasteiger partial charge in [-0.25, -0.2) is 0 Å². The molecule has 0 N–H and O–H groups in total. The topological polar surface area (TPSA) is 34.1 Å². The number of aldehydes is 1. The van der Waals surface area contributed by atoms with E-state index in [1.807, 2.05) is 0 Å². The second-order valence-corrected chi connectivity index (χ2v) is 3.53. The third-order valence-electron chi connectivity index (χ3n) is 1.92. The molecule has 0 heterocycles. The van der Waals surface area contributed by atoms with Gasteiger partial charge in [0.15, 0.2) is 12.1 Å². The summed E-state index contributed by atoms with van der Waals surface area (Å²) in [5, 5.41) is -0.237. The Hall–Kier alpha value is -1.36. The van der Waals surface area contributed by atoms with Gasteiger partial charge in [0.05, 0.1) is 5.56 Å². The number of hydrogen-bond donors (Lipinski definition) is 0. The van der Waals surface area contributed by atoms with Crippen molar-refractivity contribution in [2.45, 2.75) is 13.1 Å². The van der Waals surface area contributed by atoms with Gasteiger partial charge in [0, 0.05) is 16.1 Å². The first-order valence-corrected chi connectivity index (χ1v) is 4.52. The maximum absolute atomic E-state index is 12.6. The Morgan fingerprint density at radius 2 is 1.94 bits per heavy atom. The Kier molecular flexibility index (Phi) is 3.38. The fourth-order valence-corrected chi connectivity index (χ4v) is 1.56. The van der Waals surface area contributed by atoms with Crippen molar-refractivity contribution in [3.8, 4) is 0 Å². The van der Waals surface area contributed by atoms with Gasteiger partial charge < -0.3 is 0 Å². The minimum absolute atomic E-state index is 0.178. The number of alkyl halides is 3. The minimum atomic E-state index is -4.72. The zero-order chi connectivity index (χ0) is 12.5. The molecule has 1 rings (SSSR count). The first-order chi connectivity index (χ1) is 7.27. The fourth-order valence-electron chi connectivity index (χ4n) is 1.34. The summed E-state index contributed by atoms with van der Waals surface area (Å²) in [7, 11) is 0. The van der Waals surface area contributed by atoms with Crippen molar-refractivity contribution in [1.82, 2.24) is 0 Å². The van der Waals surface area contributed by atoms with E-state index < -0.39 is 23.1 Å². The van der Waals surface area contributed by atoms with Crippen molar-refractivity contribution < 1.29 is 22.8 Å². The maximum atomic E-state index is 12.6. The molecule has 86 valence electrons. The number of carbonyl (C=O) groups is 2. The summed E-state index contributed by atoms with van der Waals surface area (Å²) in [6, 6.07) is 1.66. The third kappa shape index (κ3) is 2.41. The van der Waals surface area contributed by atoms with Crippen LogP contribution in [0.4, 0.5) is 13.2 Å². The highest BCUT2D eigenvalue weighted by molar-refractivity contribution is 6.31. The molecule has 0 saturated heterocycles. The van der Waals surface area contributed by atoms with E-state index in [1.54, 1.807) is 0 Å². The predicted molar refractivity (Wildman–Crippen MR) is 51.8 cm³/mol. The molecule has 0 unspecified atom stereocenters. The Balaban J connectivity index is 3.64. The monoisotopic (exact) mass is 250 g/mol. The fraction of sp³-hybridized carbons (Fsp3) is 0.200. The van der Waals surface area contributed by atoms with Gasteiger partial charge in [-0.3, -0.25) is 9.59 Å². The van der Waals surface area contributed by atoms with E-state index >= 15 is 0 Å². The number of ketones is 1. The molecular weight excluding hydrogens is 245 g/mol. The zero-order valence-corrected chi connectivity index (χ0v) is 8.82. The van der Waals surface area contributed by atoms with Gasteiger partial charge in [0.25, 0.3) is 0 Å². The number of halogens is 4. The summed E-state index contributed by atoms with van der Waals surface area (Å²) in [5.74, 6) is -0.828. The normalized spacial score (nSPS) is 11.3. The van der Waals surface area contributed by atoms with E-state index in [9.17, 15) is 22.8 Å². The Labute approximate surface area is 94.0 Å². The first kappa shape index (κ1) is 12.7. The Morgan fingerprint density at radius 3 is 2.31 bits per heavy atom. The van der Waals surface area contributed by atoms with Gasteiger partial charge in [0.1, 0.15) is 0 Å². The molecule has 0 radical (unpaired) electrons. The number of Topliss-reactive ketones (excluding diaryl/α,β-unsaturated/α-hetero) is 1.